The Kier molecular flexibility index (Phi) is 3.05. The van der Waals surface area contributed by atoms with E-state index in [1.165, 1.54) is 0 Å². The quantitative estimate of drug-likeness (QED) is 0.493. The SMILES string of the molecule is N=C(N)c1ccncc1N(CCO)C1CC1. The Morgan fingerprint density at radius 1 is 1.62 bits per heavy atom. The molecule has 1 saturated carbocycles. The molecule has 1 aromatic rings. The largest absolute Gasteiger partial charge is 0.395 e. The molecule has 1 fully saturated rings. The van der Waals surface area contributed by atoms with Crippen LogP contribution in [0.1, 0.15) is 18.4 Å². The summed E-state index contributed by atoms with van der Waals surface area (Å²) >= 11 is 0. The summed E-state index contributed by atoms with van der Waals surface area (Å²) < 4.78 is 0. The third-order valence-corrected chi connectivity index (χ3v) is 2.73. The van der Waals surface area contributed by atoms with Crippen molar-refractivity contribution in [3.8, 4) is 0 Å². The molecule has 5 heteroatoms. The van der Waals surface area contributed by atoms with Gasteiger partial charge in [-0.25, -0.2) is 0 Å². The molecule has 1 aliphatic carbocycles. The van der Waals surface area contributed by atoms with Crippen molar-refractivity contribution in [1.29, 1.82) is 5.41 Å². The molecular weight excluding hydrogens is 204 g/mol. The molecule has 1 heterocycles. The van der Waals surface area contributed by atoms with Crippen molar-refractivity contribution < 1.29 is 5.11 Å². The Bertz CT molecular complexity index is 389. The van der Waals surface area contributed by atoms with Gasteiger partial charge in [0.05, 0.1) is 18.5 Å². The fourth-order valence-corrected chi connectivity index (χ4v) is 1.84. The van der Waals surface area contributed by atoms with Crippen molar-refractivity contribution in [3.05, 3.63) is 24.0 Å². The van der Waals surface area contributed by atoms with Crippen molar-refractivity contribution in [2.75, 3.05) is 18.1 Å². The van der Waals surface area contributed by atoms with Crippen LogP contribution in [-0.2, 0) is 0 Å². The highest BCUT2D eigenvalue weighted by Crippen LogP contribution is 2.32. The predicted octanol–water partition coefficient (Wildman–Crippen LogP) is 0.327. The van der Waals surface area contributed by atoms with Gasteiger partial charge in [-0.2, -0.15) is 0 Å². The number of aliphatic hydroxyl groups excluding tert-OH is 1. The van der Waals surface area contributed by atoms with E-state index in [2.05, 4.69) is 9.88 Å². The highest BCUT2D eigenvalue weighted by molar-refractivity contribution is 6.00. The van der Waals surface area contributed by atoms with Gasteiger partial charge >= 0.3 is 0 Å². The van der Waals surface area contributed by atoms with Gasteiger partial charge in [0.15, 0.2) is 0 Å². The van der Waals surface area contributed by atoms with Gasteiger partial charge in [-0.15, -0.1) is 0 Å². The summed E-state index contributed by atoms with van der Waals surface area (Å²) in [5, 5.41) is 16.6. The molecule has 5 nitrogen and oxygen atoms in total. The minimum atomic E-state index is 0.0426. The Hall–Kier alpha value is -1.62. The standard InChI is InChI=1S/C11H16N4O/c12-11(13)9-3-4-14-7-10(9)15(5-6-16)8-1-2-8/h3-4,7-8,16H,1-2,5-6H2,(H3,12,13). The molecule has 0 aromatic carbocycles. The zero-order chi connectivity index (χ0) is 11.5. The topological polar surface area (TPSA) is 86.2 Å². The normalized spacial score (nSPS) is 14.8. The van der Waals surface area contributed by atoms with Gasteiger partial charge in [-0.3, -0.25) is 10.4 Å². The number of nitrogens with two attached hydrogens (primary N) is 1. The third kappa shape index (κ3) is 2.14. The summed E-state index contributed by atoms with van der Waals surface area (Å²) in [6.07, 6.45) is 5.60. The maximum atomic E-state index is 9.06. The first-order valence-electron chi connectivity index (χ1n) is 5.40. The molecule has 0 spiro atoms. The molecule has 0 radical (unpaired) electrons. The number of aromatic nitrogens is 1. The summed E-state index contributed by atoms with van der Waals surface area (Å²) in [4.78, 5) is 6.15. The van der Waals surface area contributed by atoms with Crippen LogP contribution in [0.2, 0.25) is 0 Å². The van der Waals surface area contributed by atoms with E-state index in [0.29, 0.717) is 18.2 Å². The molecule has 16 heavy (non-hydrogen) atoms. The zero-order valence-electron chi connectivity index (χ0n) is 9.06. The number of nitrogens with zero attached hydrogens (tertiary/aromatic N) is 2. The number of rotatable bonds is 5. The van der Waals surface area contributed by atoms with Gasteiger partial charge in [-0.05, 0) is 18.9 Å². The van der Waals surface area contributed by atoms with Crippen molar-refractivity contribution in [3.63, 3.8) is 0 Å². The lowest BCUT2D eigenvalue weighted by Gasteiger charge is -2.25. The third-order valence-electron chi connectivity index (χ3n) is 2.73. The number of hydrogen-bond acceptors (Lipinski definition) is 4. The molecule has 0 saturated heterocycles. The van der Waals surface area contributed by atoms with Crippen LogP contribution in [0.25, 0.3) is 0 Å². The van der Waals surface area contributed by atoms with Gasteiger partial charge in [0.1, 0.15) is 5.84 Å². The smallest absolute Gasteiger partial charge is 0.125 e. The van der Waals surface area contributed by atoms with Crippen LogP contribution in [0.4, 0.5) is 5.69 Å². The Balaban J connectivity index is 2.32. The molecule has 2 rings (SSSR count). The van der Waals surface area contributed by atoms with Crippen molar-refractivity contribution >= 4 is 11.5 Å². The van der Waals surface area contributed by atoms with Crippen LogP contribution in [0.15, 0.2) is 18.5 Å². The average Bonchev–Trinajstić information content (AvgIpc) is 3.10. The lowest BCUT2D eigenvalue weighted by atomic mass is 10.2. The monoisotopic (exact) mass is 220 g/mol. The van der Waals surface area contributed by atoms with Crippen LogP contribution in [0.5, 0.6) is 0 Å². The number of nitrogen functional groups attached to an aromatic ring is 1. The highest BCUT2D eigenvalue weighted by atomic mass is 16.3. The fourth-order valence-electron chi connectivity index (χ4n) is 1.84. The first-order chi connectivity index (χ1) is 7.74. The number of pyridine rings is 1. The van der Waals surface area contributed by atoms with Gasteiger partial charge < -0.3 is 15.7 Å². The van der Waals surface area contributed by atoms with Crippen molar-refractivity contribution in [2.24, 2.45) is 5.73 Å². The minimum absolute atomic E-state index is 0.0426. The summed E-state index contributed by atoms with van der Waals surface area (Å²) in [5.41, 5.74) is 7.08. The van der Waals surface area contributed by atoms with Crippen LogP contribution in [-0.4, -0.2) is 35.1 Å². The average molecular weight is 220 g/mol. The van der Waals surface area contributed by atoms with E-state index in [4.69, 9.17) is 16.2 Å². The Morgan fingerprint density at radius 2 is 2.38 bits per heavy atom. The van der Waals surface area contributed by atoms with E-state index in [0.717, 1.165) is 18.5 Å². The maximum absolute atomic E-state index is 9.06. The first kappa shape index (κ1) is 10.9. The molecule has 0 bridgehead atoms. The molecule has 0 amide bonds. The maximum Gasteiger partial charge on any atom is 0.125 e. The second-order valence-corrected chi connectivity index (χ2v) is 3.95. The van der Waals surface area contributed by atoms with E-state index >= 15 is 0 Å². The summed E-state index contributed by atoms with van der Waals surface area (Å²) in [6.45, 7) is 0.666. The zero-order valence-corrected chi connectivity index (χ0v) is 9.06. The summed E-state index contributed by atoms with van der Waals surface area (Å²) in [5.74, 6) is 0.0426. The number of aliphatic hydroxyl groups is 1. The summed E-state index contributed by atoms with van der Waals surface area (Å²) in [7, 11) is 0. The fraction of sp³-hybridized carbons (Fsp3) is 0.455. The highest BCUT2D eigenvalue weighted by Gasteiger charge is 2.30. The van der Waals surface area contributed by atoms with E-state index in [9.17, 15) is 0 Å². The number of hydrogen-bond donors (Lipinski definition) is 3. The van der Waals surface area contributed by atoms with Gasteiger partial charge in [0.25, 0.3) is 0 Å². The van der Waals surface area contributed by atoms with Crippen LogP contribution >= 0.6 is 0 Å². The van der Waals surface area contributed by atoms with E-state index in [-0.39, 0.29) is 12.4 Å². The van der Waals surface area contributed by atoms with Gasteiger partial charge in [0, 0.05) is 24.3 Å². The molecule has 0 aliphatic heterocycles. The second-order valence-electron chi connectivity index (χ2n) is 3.95. The molecule has 1 aliphatic rings. The minimum Gasteiger partial charge on any atom is -0.395 e. The molecule has 1 aromatic heterocycles. The summed E-state index contributed by atoms with van der Waals surface area (Å²) in [6, 6.07) is 2.21. The molecular formula is C11H16N4O. The van der Waals surface area contributed by atoms with E-state index in [1.807, 2.05) is 0 Å². The molecule has 4 N–H and O–H groups in total. The molecule has 0 unspecified atom stereocenters. The Labute approximate surface area is 94.4 Å². The Morgan fingerprint density at radius 3 is 2.94 bits per heavy atom. The van der Waals surface area contributed by atoms with Gasteiger partial charge in [-0.1, -0.05) is 0 Å². The number of amidine groups is 1. The van der Waals surface area contributed by atoms with E-state index in [1.54, 1.807) is 18.5 Å². The van der Waals surface area contributed by atoms with Crippen molar-refractivity contribution in [1.82, 2.24) is 4.98 Å². The lowest BCUT2D eigenvalue weighted by molar-refractivity contribution is 0.301. The van der Waals surface area contributed by atoms with Crippen LogP contribution in [0.3, 0.4) is 0 Å². The van der Waals surface area contributed by atoms with E-state index < -0.39 is 0 Å². The lowest BCUT2D eigenvalue weighted by Crippen LogP contribution is -2.31. The number of anilines is 1. The second kappa shape index (κ2) is 4.49. The molecule has 86 valence electrons. The number of nitrogens with one attached hydrogen (secondary N) is 1. The van der Waals surface area contributed by atoms with Crippen molar-refractivity contribution in [2.45, 2.75) is 18.9 Å². The first-order valence-corrected chi connectivity index (χ1v) is 5.40. The van der Waals surface area contributed by atoms with Gasteiger partial charge in [0.2, 0.25) is 0 Å². The van der Waals surface area contributed by atoms with Crippen LogP contribution < -0.4 is 10.6 Å². The van der Waals surface area contributed by atoms with Crippen LogP contribution in [0, 0.1) is 5.41 Å². The molecule has 0 atom stereocenters. The predicted molar refractivity (Wildman–Crippen MR) is 62.7 cm³/mol.